The molecule has 0 aliphatic carbocycles. The maximum atomic E-state index is 10.2. The number of ether oxygens (including phenoxy) is 1. The largest absolute Gasteiger partial charge is 0.453 e. The Hall–Kier alpha value is -1.01. The van der Waals surface area contributed by atoms with Gasteiger partial charge < -0.3 is 4.74 Å². The SMILES string of the molecule is CC(=O)OCC#CCCC(=O)Cl. The first-order valence-corrected chi connectivity index (χ1v) is 3.78. The van der Waals surface area contributed by atoms with Gasteiger partial charge in [-0.2, -0.15) is 0 Å². The van der Waals surface area contributed by atoms with Gasteiger partial charge in [0.15, 0.2) is 6.61 Å². The van der Waals surface area contributed by atoms with Gasteiger partial charge in [-0.3, -0.25) is 9.59 Å². The highest BCUT2D eigenvalue weighted by molar-refractivity contribution is 6.63. The molecule has 0 fully saturated rings. The van der Waals surface area contributed by atoms with Gasteiger partial charge in [0, 0.05) is 19.8 Å². The Bertz CT molecular complexity index is 202. The van der Waals surface area contributed by atoms with Crippen LogP contribution in [-0.4, -0.2) is 17.8 Å². The van der Waals surface area contributed by atoms with E-state index in [9.17, 15) is 9.59 Å². The van der Waals surface area contributed by atoms with E-state index in [-0.39, 0.29) is 19.0 Å². The van der Waals surface area contributed by atoms with E-state index in [1.807, 2.05) is 0 Å². The molecule has 3 nitrogen and oxygen atoms in total. The van der Waals surface area contributed by atoms with Crippen LogP contribution >= 0.6 is 11.6 Å². The highest BCUT2D eigenvalue weighted by Crippen LogP contribution is 1.91. The van der Waals surface area contributed by atoms with Crippen molar-refractivity contribution in [2.45, 2.75) is 19.8 Å². The Morgan fingerprint density at radius 1 is 1.42 bits per heavy atom. The summed E-state index contributed by atoms with van der Waals surface area (Å²) in [5, 5.41) is -0.406. The molecule has 0 radical (unpaired) electrons. The summed E-state index contributed by atoms with van der Waals surface area (Å²) < 4.78 is 4.52. The summed E-state index contributed by atoms with van der Waals surface area (Å²) >= 11 is 5.05. The first kappa shape index (κ1) is 11.0. The number of esters is 1. The Labute approximate surface area is 76.0 Å². The molecule has 0 saturated carbocycles. The van der Waals surface area contributed by atoms with Crippen LogP contribution < -0.4 is 0 Å². The number of carbonyl (C=O) groups is 2. The molecule has 0 N–H and O–H groups in total. The standard InChI is InChI=1S/C8H9ClO3/c1-7(10)12-6-4-2-3-5-8(9)11/h3,5-6H2,1H3. The molecule has 0 bridgehead atoms. The van der Waals surface area contributed by atoms with Gasteiger partial charge in [0.05, 0.1) is 0 Å². The van der Waals surface area contributed by atoms with Crippen molar-refractivity contribution in [2.24, 2.45) is 0 Å². The average molecular weight is 189 g/mol. The third kappa shape index (κ3) is 8.99. The molecule has 0 aromatic heterocycles. The molecule has 0 aromatic carbocycles. The quantitative estimate of drug-likeness (QED) is 0.379. The molecule has 0 aliphatic rings. The summed E-state index contributed by atoms with van der Waals surface area (Å²) in [4.78, 5) is 20.4. The van der Waals surface area contributed by atoms with Gasteiger partial charge in [-0.15, -0.1) is 0 Å². The molecular weight excluding hydrogens is 180 g/mol. The summed E-state index contributed by atoms with van der Waals surface area (Å²) in [7, 11) is 0. The number of carbonyl (C=O) groups excluding carboxylic acids is 2. The van der Waals surface area contributed by atoms with E-state index < -0.39 is 5.24 Å². The molecular formula is C8H9ClO3. The molecule has 0 rings (SSSR count). The molecule has 4 heteroatoms. The second kappa shape index (κ2) is 6.68. The van der Waals surface area contributed by atoms with Crippen molar-refractivity contribution in [3.8, 4) is 11.8 Å². The fourth-order valence-electron chi connectivity index (χ4n) is 0.438. The van der Waals surface area contributed by atoms with Crippen LogP contribution in [0.1, 0.15) is 19.8 Å². The topological polar surface area (TPSA) is 43.4 Å². The third-order valence-corrected chi connectivity index (χ3v) is 1.11. The van der Waals surface area contributed by atoms with E-state index in [4.69, 9.17) is 11.6 Å². The normalized spacial score (nSPS) is 8.17. The smallest absolute Gasteiger partial charge is 0.303 e. The van der Waals surface area contributed by atoms with E-state index in [0.717, 1.165) is 0 Å². The van der Waals surface area contributed by atoms with Gasteiger partial charge >= 0.3 is 5.97 Å². The van der Waals surface area contributed by atoms with E-state index >= 15 is 0 Å². The second-order valence-electron chi connectivity index (χ2n) is 1.99. The summed E-state index contributed by atoms with van der Waals surface area (Å²) in [5.41, 5.74) is 0. The summed E-state index contributed by atoms with van der Waals surface area (Å²) in [6, 6.07) is 0. The number of hydrogen-bond acceptors (Lipinski definition) is 3. The van der Waals surface area contributed by atoms with Crippen molar-refractivity contribution in [1.29, 1.82) is 0 Å². The maximum Gasteiger partial charge on any atom is 0.303 e. The van der Waals surface area contributed by atoms with Crippen LogP contribution in [0, 0.1) is 11.8 Å². The Balaban J connectivity index is 3.35. The summed E-state index contributed by atoms with van der Waals surface area (Å²) in [6.07, 6.45) is 0.637. The molecule has 0 aliphatic heterocycles. The van der Waals surface area contributed by atoms with Crippen LogP contribution in [0.2, 0.25) is 0 Å². The van der Waals surface area contributed by atoms with Crippen molar-refractivity contribution >= 4 is 22.8 Å². The van der Waals surface area contributed by atoms with Crippen LogP contribution in [0.15, 0.2) is 0 Å². The predicted molar refractivity (Wildman–Crippen MR) is 44.5 cm³/mol. The van der Waals surface area contributed by atoms with Gasteiger partial charge in [-0.05, 0) is 11.6 Å². The fraction of sp³-hybridized carbons (Fsp3) is 0.500. The Kier molecular flexibility index (Phi) is 6.12. The van der Waals surface area contributed by atoms with Gasteiger partial charge in [0.1, 0.15) is 0 Å². The van der Waals surface area contributed by atoms with E-state index in [1.54, 1.807) is 0 Å². The van der Waals surface area contributed by atoms with Crippen molar-refractivity contribution in [3.63, 3.8) is 0 Å². The van der Waals surface area contributed by atoms with E-state index in [0.29, 0.717) is 6.42 Å². The van der Waals surface area contributed by atoms with Gasteiger partial charge in [-0.1, -0.05) is 11.8 Å². The first-order chi connectivity index (χ1) is 5.63. The minimum Gasteiger partial charge on any atom is -0.453 e. The third-order valence-electron chi connectivity index (χ3n) is 0.919. The molecule has 0 atom stereocenters. The van der Waals surface area contributed by atoms with E-state index in [1.165, 1.54) is 6.92 Å². The molecule has 66 valence electrons. The van der Waals surface area contributed by atoms with Gasteiger partial charge in [-0.25, -0.2) is 0 Å². The zero-order chi connectivity index (χ0) is 9.40. The molecule has 0 aromatic rings. The lowest BCUT2D eigenvalue weighted by atomic mass is 10.3. The lowest BCUT2D eigenvalue weighted by molar-refractivity contribution is -0.139. The lowest BCUT2D eigenvalue weighted by Gasteiger charge is -1.90. The molecule has 12 heavy (non-hydrogen) atoms. The number of hydrogen-bond donors (Lipinski definition) is 0. The molecule has 0 saturated heterocycles. The number of rotatable bonds is 3. The zero-order valence-corrected chi connectivity index (χ0v) is 7.48. The molecule has 0 heterocycles. The summed E-state index contributed by atoms with van der Waals surface area (Å²) in [5.74, 6) is 4.84. The average Bonchev–Trinajstić information content (AvgIpc) is 1.95. The van der Waals surface area contributed by atoms with Crippen molar-refractivity contribution in [1.82, 2.24) is 0 Å². The molecule has 0 amide bonds. The predicted octanol–water partition coefficient (Wildman–Crippen LogP) is 1.10. The van der Waals surface area contributed by atoms with Crippen LogP contribution in [0.25, 0.3) is 0 Å². The first-order valence-electron chi connectivity index (χ1n) is 3.40. The van der Waals surface area contributed by atoms with Crippen LogP contribution in [-0.2, 0) is 14.3 Å². The van der Waals surface area contributed by atoms with Gasteiger partial charge in [0.25, 0.3) is 0 Å². The summed E-state index contributed by atoms with van der Waals surface area (Å²) in [6.45, 7) is 1.38. The van der Waals surface area contributed by atoms with Gasteiger partial charge in [0.2, 0.25) is 5.24 Å². The van der Waals surface area contributed by atoms with Crippen LogP contribution in [0.5, 0.6) is 0 Å². The minimum atomic E-state index is -0.406. The lowest BCUT2D eigenvalue weighted by Crippen LogP contribution is -1.97. The zero-order valence-electron chi connectivity index (χ0n) is 6.72. The van der Waals surface area contributed by atoms with Crippen molar-refractivity contribution in [2.75, 3.05) is 6.61 Å². The molecule has 0 unspecified atom stereocenters. The van der Waals surface area contributed by atoms with Crippen molar-refractivity contribution < 1.29 is 14.3 Å². The Morgan fingerprint density at radius 2 is 2.08 bits per heavy atom. The van der Waals surface area contributed by atoms with Crippen LogP contribution in [0.3, 0.4) is 0 Å². The van der Waals surface area contributed by atoms with Crippen LogP contribution in [0.4, 0.5) is 0 Å². The minimum absolute atomic E-state index is 0.0752. The maximum absolute atomic E-state index is 10.2. The van der Waals surface area contributed by atoms with Crippen molar-refractivity contribution in [3.05, 3.63) is 0 Å². The second-order valence-corrected chi connectivity index (χ2v) is 2.41. The highest BCUT2D eigenvalue weighted by atomic mass is 35.5. The highest BCUT2D eigenvalue weighted by Gasteiger charge is 1.91. The Morgan fingerprint density at radius 3 is 2.58 bits per heavy atom. The monoisotopic (exact) mass is 188 g/mol. The number of halogens is 1. The van der Waals surface area contributed by atoms with E-state index in [2.05, 4.69) is 16.6 Å². The molecule has 0 spiro atoms. The fourth-order valence-corrected chi connectivity index (χ4v) is 0.532.